The zero-order chi connectivity index (χ0) is 18.9. The van der Waals surface area contributed by atoms with Crippen molar-refractivity contribution in [1.29, 1.82) is 0 Å². The van der Waals surface area contributed by atoms with Crippen molar-refractivity contribution in [2.45, 2.75) is 4.90 Å². The molecule has 3 rings (SSSR count). The van der Waals surface area contributed by atoms with E-state index in [1.165, 1.54) is 35.4 Å². The lowest BCUT2D eigenvalue weighted by molar-refractivity contribution is 0.0742. The topological polar surface area (TPSA) is 70.6 Å². The number of piperazine rings is 1. The van der Waals surface area contributed by atoms with Crippen LogP contribution in [0.2, 0.25) is 5.02 Å². The van der Waals surface area contributed by atoms with Gasteiger partial charge >= 0.3 is 0 Å². The van der Waals surface area contributed by atoms with Gasteiger partial charge in [-0.2, -0.15) is 0 Å². The van der Waals surface area contributed by atoms with Crippen LogP contribution in [0.15, 0.2) is 41.4 Å². The summed E-state index contributed by atoms with van der Waals surface area (Å²) in [7, 11) is -3.42. The minimum Gasteiger partial charge on any atom is -0.352 e. The number of benzene rings is 1. The first-order chi connectivity index (χ1) is 12.3. The minimum absolute atomic E-state index is 0.0709. The molecule has 1 aromatic heterocycles. The van der Waals surface area contributed by atoms with Gasteiger partial charge in [0.1, 0.15) is 16.5 Å². The van der Waals surface area contributed by atoms with Gasteiger partial charge in [0.25, 0.3) is 5.91 Å². The second-order valence-electron chi connectivity index (χ2n) is 5.97. The van der Waals surface area contributed by atoms with E-state index in [4.69, 9.17) is 11.6 Å². The molecule has 1 amide bonds. The van der Waals surface area contributed by atoms with Crippen LogP contribution < -0.4 is 4.90 Å². The van der Waals surface area contributed by atoms with Gasteiger partial charge in [0.15, 0.2) is 9.84 Å². The zero-order valence-electron chi connectivity index (χ0n) is 14.0. The van der Waals surface area contributed by atoms with E-state index < -0.39 is 21.6 Å². The van der Waals surface area contributed by atoms with Gasteiger partial charge < -0.3 is 9.80 Å². The lowest BCUT2D eigenvalue weighted by Crippen LogP contribution is -2.49. The third-order valence-corrected chi connectivity index (χ3v) is 5.63. The number of nitrogens with zero attached hydrogens (tertiary/aromatic N) is 3. The summed E-state index contributed by atoms with van der Waals surface area (Å²) in [5.74, 6) is -0.767. The molecule has 1 aliphatic rings. The van der Waals surface area contributed by atoms with Crippen molar-refractivity contribution in [2.24, 2.45) is 0 Å². The molecule has 1 aromatic carbocycles. The van der Waals surface area contributed by atoms with Crippen LogP contribution in [0.5, 0.6) is 0 Å². The number of amides is 1. The Morgan fingerprint density at radius 1 is 1.15 bits per heavy atom. The minimum atomic E-state index is -3.42. The molecule has 0 radical (unpaired) electrons. The fraction of sp³-hybridized carbons (Fsp3) is 0.294. The summed E-state index contributed by atoms with van der Waals surface area (Å²) < 4.78 is 37.8. The van der Waals surface area contributed by atoms with Gasteiger partial charge in [-0.05, 0) is 24.3 Å². The van der Waals surface area contributed by atoms with Crippen molar-refractivity contribution >= 4 is 33.2 Å². The van der Waals surface area contributed by atoms with Crippen LogP contribution >= 0.6 is 11.6 Å². The average Bonchev–Trinajstić information content (AvgIpc) is 2.61. The van der Waals surface area contributed by atoms with E-state index in [1.54, 1.807) is 6.07 Å². The Bertz CT molecular complexity index is 924. The van der Waals surface area contributed by atoms with Crippen LogP contribution in [0, 0.1) is 5.82 Å². The molecule has 0 spiro atoms. The molecule has 6 nitrogen and oxygen atoms in total. The summed E-state index contributed by atoms with van der Waals surface area (Å²) in [5, 5.41) is 0.0709. The average molecular weight is 398 g/mol. The Balaban J connectivity index is 1.78. The van der Waals surface area contributed by atoms with Crippen LogP contribution in [0.1, 0.15) is 10.4 Å². The van der Waals surface area contributed by atoms with Crippen LogP contribution in [0.25, 0.3) is 0 Å². The highest BCUT2D eigenvalue weighted by atomic mass is 35.5. The lowest BCUT2D eigenvalue weighted by atomic mass is 10.1. The van der Waals surface area contributed by atoms with Crippen molar-refractivity contribution in [3.8, 4) is 0 Å². The van der Waals surface area contributed by atoms with E-state index in [0.29, 0.717) is 32.0 Å². The van der Waals surface area contributed by atoms with Crippen LogP contribution in [0.3, 0.4) is 0 Å². The number of anilines is 1. The fourth-order valence-electron chi connectivity index (χ4n) is 2.89. The summed E-state index contributed by atoms with van der Waals surface area (Å²) in [6, 6.07) is 7.19. The quantitative estimate of drug-likeness (QED) is 0.794. The Morgan fingerprint density at radius 3 is 2.46 bits per heavy atom. The van der Waals surface area contributed by atoms with Gasteiger partial charge in [-0.15, -0.1) is 0 Å². The molecule has 2 heterocycles. The largest absolute Gasteiger partial charge is 0.352 e. The maximum absolute atomic E-state index is 14.0. The monoisotopic (exact) mass is 397 g/mol. The van der Waals surface area contributed by atoms with Crippen molar-refractivity contribution in [3.05, 3.63) is 52.9 Å². The molecule has 138 valence electrons. The van der Waals surface area contributed by atoms with Gasteiger partial charge in [0.2, 0.25) is 0 Å². The maximum atomic E-state index is 14.0. The number of pyridine rings is 1. The molecule has 0 saturated carbocycles. The van der Waals surface area contributed by atoms with E-state index in [-0.39, 0.29) is 15.5 Å². The number of carbonyl (C=O) groups is 1. The summed E-state index contributed by atoms with van der Waals surface area (Å²) in [6.07, 6.45) is 2.66. The van der Waals surface area contributed by atoms with Crippen LogP contribution in [-0.2, 0) is 9.84 Å². The Labute approximate surface area is 156 Å². The van der Waals surface area contributed by atoms with Crippen molar-refractivity contribution in [2.75, 3.05) is 37.3 Å². The summed E-state index contributed by atoms with van der Waals surface area (Å²) >= 11 is 5.96. The Morgan fingerprint density at radius 2 is 1.85 bits per heavy atom. The molecule has 1 fully saturated rings. The van der Waals surface area contributed by atoms with Crippen LogP contribution in [0.4, 0.5) is 10.2 Å². The standard InChI is InChI=1S/C17H17ClFN3O3S/c1-26(24,25)14-6-3-7-20-16(14)21-8-10-22(11-9-21)17(23)15-12(18)4-2-5-13(15)19/h2-7H,8-11H2,1H3. The number of halogens is 2. The first-order valence-electron chi connectivity index (χ1n) is 7.92. The van der Waals surface area contributed by atoms with E-state index in [2.05, 4.69) is 4.98 Å². The molecular weight excluding hydrogens is 381 g/mol. The predicted octanol–water partition coefficient (Wildman–Crippen LogP) is 2.24. The number of rotatable bonds is 3. The van der Waals surface area contributed by atoms with E-state index >= 15 is 0 Å². The molecule has 26 heavy (non-hydrogen) atoms. The predicted molar refractivity (Wildman–Crippen MR) is 96.9 cm³/mol. The molecule has 0 atom stereocenters. The highest BCUT2D eigenvalue weighted by Crippen LogP contribution is 2.25. The second-order valence-corrected chi connectivity index (χ2v) is 8.36. The number of aromatic nitrogens is 1. The highest BCUT2D eigenvalue weighted by Gasteiger charge is 2.28. The molecular formula is C17H17ClFN3O3S. The van der Waals surface area contributed by atoms with Gasteiger partial charge in [0.05, 0.1) is 10.6 Å². The van der Waals surface area contributed by atoms with E-state index in [9.17, 15) is 17.6 Å². The fourth-order valence-corrected chi connectivity index (χ4v) is 3.97. The number of hydrogen-bond acceptors (Lipinski definition) is 5. The first kappa shape index (κ1) is 18.6. The lowest BCUT2D eigenvalue weighted by Gasteiger charge is -2.36. The third-order valence-electron chi connectivity index (χ3n) is 4.19. The third kappa shape index (κ3) is 3.66. The summed E-state index contributed by atoms with van der Waals surface area (Å²) in [5.41, 5.74) is -0.141. The molecule has 0 unspecified atom stereocenters. The first-order valence-corrected chi connectivity index (χ1v) is 10.2. The molecule has 9 heteroatoms. The maximum Gasteiger partial charge on any atom is 0.258 e. The molecule has 2 aromatic rings. The van der Waals surface area contributed by atoms with Gasteiger partial charge in [-0.3, -0.25) is 4.79 Å². The molecule has 1 aliphatic heterocycles. The van der Waals surface area contributed by atoms with Gasteiger partial charge in [-0.1, -0.05) is 17.7 Å². The number of sulfone groups is 1. The highest BCUT2D eigenvalue weighted by molar-refractivity contribution is 7.90. The second kappa shape index (κ2) is 7.20. The molecule has 0 bridgehead atoms. The molecule has 0 aliphatic carbocycles. The normalized spacial score (nSPS) is 15.2. The molecule has 0 N–H and O–H groups in total. The van der Waals surface area contributed by atoms with Crippen LogP contribution in [-0.4, -0.2) is 56.6 Å². The Kier molecular flexibility index (Phi) is 5.15. The van der Waals surface area contributed by atoms with E-state index in [0.717, 1.165) is 6.26 Å². The number of carbonyl (C=O) groups excluding carboxylic acids is 1. The number of hydrogen-bond donors (Lipinski definition) is 0. The summed E-state index contributed by atoms with van der Waals surface area (Å²) in [4.78, 5) is 20.2. The van der Waals surface area contributed by atoms with Crippen molar-refractivity contribution < 1.29 is 17.6 Å². The van der Waals surface area contributed by atoms with Crippen molar-refractivity contribution in [1.82, 2.24) is 9.88 Å². The molecule has 1 saturated heterocycles. The zero-order valence-corrected chi connectivity index (χ0v) is 15.6. The smallest absolute Gasteiger partial charge is 0.258 e. The van der Waals surface area contributed by atoms with Gasteiger partial charge in [-0.25, -0.2) is 17.8 Å². The Hall–Kier alpha value is -2.19. The SMILES string of the molecule is CS(=O)(=O)c1cccnc1N1CCN(C(=O)c2c(F)cccc2Cl)CC1. The van der Waals surface area contributed by atoms with E-state index in [1.807, 2.05) is 4.90 Å². The summed E-state index contributed by atoms with van der Waals surface area (Å²) in [6.45, 7) is 1.39. The van der Waals surface area contributed by atoms with Crippen molar-refractivity contribution in [3.63, 3.8) is 0 Å². The van der Waals surface area contributed by atoms with Gasteiger partial charge in [0, 0.05) is 38.6 Å².